The minimum absolute atomic E-state index is 0.0660. The van der Waals surface area contributed by atoms with Gasteiger partial charge in [-0.05, 0) is 93.9 Å². The fourth-order valence-corrected chi connectivity index (χ4v) is 7.83. The van der Waals surface area contributed by atoms with Crippen LogP contribution in [0.2, 0.25) is 0 Å². The Bertz CT molecular complexity index is 1550. The van der Waals surface area contributed by atoms with Crippen molar-refractivity contribution in [2.45, 2.75) is 135 Å². The van der Waals surface area contributed by atoms with E-state index in [1.54, 1.807) is 14.7 Å². The van der Waals surface area contributed by atoms with Gasteiger partial charge in [-0.1, -0.05) is 20.8 Å². The van der Waals surface area contributed by atoms with Gasteiger partial charge < -0.3 is 24.5 Å². The van der Waals surface area contributed by atoms with Crippen LogP contribution < -0.4 is 9.80 Å². The number of carbonyl (C=O) groups is 3. The molecule has 1 aromatic heterocycles. The first-order chi connectivity index (χ1) is 25.0. The second-order valence-electron chi connectivity index (χ2n) is 14.6. The Balaban J connectivity index is 1.46. The highest BCUT2D eigenvalue weighted by atomic mass is 19.4. The number of nitrogens with zero attached hydrogens (tertiary/aromatic N) is 5. The van der Waals surface area contributed by atoms with Gasteiger partial charge in [-0.15, -0.1) is 0 Å². The highest BCUT2D eigenvalue weighted by molar-refractivity contribution is 5.93. The van der Waals surface area contributed by atoms with Crippen LogP contribution in [-0.2, 0) is 33.2 Å². The Labute approximate surface area is 304 Å². The van der Waals surface area contributed by atoms with Crippen molar-refractivity contribution >= 4 is 29.6 Å². The van der Waals surface area contributed by atoms with Crippen molar-refractivity contribution in [1.82, 2.24) is 14.9 Å². The molecule has 292 valence electrons. The van der Waals surface area contributed by atoms with Gasteiger partial charge in [0.1, 0.15) is 6.10 Å². The van der Waals surface area contributed by atoms with Crippen molar-refractivity contribution in [3.8, 4) is 0 Å². The summed E-state index contributed by atoms with van der Waals surface area (Å²) >= 11 is 0. The van der Waals surface area contributed by atoms with Crippen LogP contribution in [0.3, 0.4) is 0 Å². The van der Waals surface area contributed by atoms with E-state index in [0.717, 1.165) is 12.8 Å². The quantitative estimate of drug-likeness (QED) is 0.254. The van der Waals surface area contributed by atoms with E-state index in [1.165, 1.54) is 12.4 Å². The van der Waals surface area contributed by atoms with E-state index < -0.39 is 65.7 Å². The molecule has 3 heterocycles. The van der Waals surface area contributed by atoms with Gasteiger partial charge in [0, 0.05) is 37.6 Å². The van der Waals surface area contributed by atoms with Gasteiger partial charge in [-0.2, -0.15) is 26.3 Å². The Morgan fingerprint density at radius 3 is 1.96 bits per heavy atom. The van der Waals surface area contributed by atoms with Crippen molar-refractivity contribution in [3.05, 3.63) is 47.3 Å². The highest BCUT2D eigenvalue weighted by Gasteiger charge is 2.43. The van der Waals surface area contributed by atoms with Crippen molar-refractivity contribution < 1.29 is 50.6 Å². The zero-order chi connectivity index (χ0) is 38.7. The number of likely N-dealkylation sites (tertiary alicyclic amines) is 1. The molecular weight excluding hydrogens is 708 g/mol. The summed E-state index contributed by atoms with van der Waals surface area (Å²) in [6, 6.07) is 0.202. The second-order valence-corrected chi connectivity index (χ2v) is 14.6. The topological polar surface area (TPSA) is 116 Å². The van der Waals surface area contributed by atoms with E-state index in [4.69, 9.17) is 4.74 Å². The van der Waals surface area contributed by atoms with Crippen LogP contribution >= 0.6 is 0 Å². The Hall–Kier alpha value is -4.11. The fourth-order valence-electron chi connectivity index (χ4n) is 7.83. The maximum Gasteiger partial charge on any atom is 0.416 e. The monoisotopic (exact) mass is 755 g/mol. The van der Waals surface area contributed by atoms with E-state index in [-0.39, 0.29) is 30.0 Å². The van der Waals surface area contributed by atoms with Gasteiger partial charge in [-0.25, -0.2) is 14.8 Å². The summed E-state index contributed by atoms with van der Waals surface area (Å²) in [5.41, 5.74) is -2.66. The number of halogens is 6. The Morgan fingerprint density at radius 2 is 1.45 bits per heavy atom. The number of benzene rings is 1. The zero-order valence-electron chi connectivity index (χ0n) is 30.1. The summed E-state index contributed by atoms with van der Waals surface area (Å²) in [5, 5.41) is 9.35. The minimum Gasteiger partial charge on any atom is -0.481 e. The van der Waals surface area contributed by atoms with E-state index >= 15 is 0 Å². The fraction of sp³-hybridized carbons (Fsp3) is 0.649. The number of rotatable bonds is 9. The van der Waals surface area contributed by atoms with E-state index in [0.29, 0.717) is 88.1 Å². The molecule has 1 N–H and O–H groups in total. The lowest BCUT2D eigenvalue weighted by atomic mass is 9.87. The van der Waals surface area contributed by atoms with Crippen LogP contribution in [0.5, 0.6) is 0 Å². The average molecular weight is 756 g/mol. The molecule has 3 aliphatic rings. The van der Waals surface area contributed by atoms with Crippen molar-refractivity contribution in [2.24, 2.45) is 11.8 Å². The first-order valence-electron chi connectivity index (χ1n) is 18.4. The number of piperidine rings is 1. The van der Waals surface area contributed by atoms with Crippen LogP contribution in [-0.4, -0.2) is 68.7 Å². The lowest BCUT2D eigenvalue weighted by Crippen LogP contribution is -2.57. The molecule has 10 nitrogen and oxygen atoms in total. The number of alkyl halides is 6. The van der Waals surface area contributed by atoms with Gasteiger partial charge in [0.25, 0.3) is 0 Å². The number of carboxylic acids is 1. The van der Waals surface area contributed by atoms with Crippen LogP contribution in [0.1, 0.15) is 108 Å². The number of anilines is 2. The van der Waals surface area contributed by atoms with Crippen LogP contribution in [0.4, 0.5) is 42.8 Å². The van der Waals surface area contributed by atoms with Crippen LogP contribution in [0, 0.1) is 11.8 Å². The third-order valence-electron chi connectivity index (χ3n) is 11.0. The smallest absolute Gasteiger partial charge is 0.416 e. The molecule has 3 fully saturated rings. The summed E-state index contributed by atoms with van der Waals surface area (Å²) in [6.45, 7) is 5.91. The summed E-state index contributed by atoms with van der Waals surface area (Å²) in [6.07, 6.45) is -3.04. The molecular formula is C37H47F6N5O5. The average Bonchev–Trinajstić information content (AvgIpc) is 3.29. The van der Waals surface area contributed by atoms with Gasteiger partial charge in [0.2, 0.25) is 11.9 Å². The third-order valence-corrected chi connectivity index (χ3v) is 11.0. The highest BCUT2D eigenvalue weighted by Crippen LogP contribution is 2.39. The molecule has 0 radical (unpaired) electrons. The number of carbonyl (C=O) groups excluding carboxylic acids is 2. The lowest BCUT2D eigenvalue weighted by Gasteiger charge is -2.47. The van der Waals surface area contributed by atoms with Gasteiger partial charge in [-0.3, -0.25) is 9.59 Å². The number of hydrogen-bond acceptors (Lipinski definition) is 7. The largest absolute Gasteiger partial charge is 0.481 e. The number of amides is 2. The summed E-state index contributed by atoms with van der Waals surface area (Å²) in [5.74, 6) is -1.02. The van der Waals surface area contributed by atoms with E-state index in [9.17, 15) is 45.8 Å². The number of aliphatic carboxylic acids is 1. The van der Waals surface area contributed by atoms with Crippen molar-refractivity contribution in [1.29, 1.82) is 0 Å². The zero-order valence-corrected chi connectivity index (χ0v) is 30.1. The standard InChI is InChI=1S/C37H47F6N5O5/c1-4-27-17-29(18-28(5-2)48(27)35(52)53-31-9-7-24(8-10-31)33(50)51)47(21-23-14-25(36(38,39)40)16-26(15-23)37(41,42)43)34-44-19-30(20-45-34)46-13-12-22(3)6-11-32(46)49/h14-16,19-20,22,24,27-29,31H,4-13,17-18,21H2,1-3H3,(H,50,51)/t22?,24?,27-,28+,29?,31?. The van der Waals surface area contributed by atoms with Gasteiger partial charge in [0.15, 0.2) is 0 Å². The predicted octanol–water partition coefficient (Wildman–Crippen LogP) is 8.48. The maximum absolute atomic E-state index is 13.9. The second kappa shape index (κ2) is 16.5. The molecule has 1 aromatic carbocycles. The molecule has 2 unspecified atom stereocenters. The molecule has 0 spiro atoms. The molecule has 0 bridgehead atoms. The first-order valence-corrected chi connectivity index (χ1v) is 18.4. The molecule has 5 rings (SSSR count). The molecule has 1 saturated carbocycles. The Kier molecular flexibility index (Phi) is 12.5. The summed E-state index contributed by atoms with van der Waals surface area (Å²) < 4.78 is 89.2. The molecule has 53 heavy (non-hydrogen) atoms. The number of carboxylic acid groups (broad SMARTS) is 1. The Morgan fingerprint density at radius 1 is 0.887 bits per heavy atom. The molecule has 2 saturated heterocycles. The number of hydrogen-bond donors (Lipinski definition) is 1. The van der Waals surface area contributed by atoms with E-state index in [2.05, 4.69) is 16.9 Å². The normalized spacial score (nSPS) is 25.9. The summed E-state index contributed by atoms with van der Waals surface area (Å²) in [7, 11) is 0. The van der Waals surface area contributed by atoms with Crippen LogP contribution in [0.15, 0.2) is 30.6 Å². The van der Waals surface area contributed by atoms with E-state index in [1.807, 2.05) is 13.8 Å². The first kappa shape index (κ1) is 40.1. The van der Waals surface area contributed by atoms with Crippen molar-refractivity contribution in [2.75, 3.05) is 16.3 Å². The number of ether oxygens (including phenoxy) is 1. The van der Waals surface area contributed by atoms with Gasteiger partial charge >= 0.3 is 24.4 Å². The van der Waals surface area contributed by atoms with Gasteiger partial charge in [0.05, 0.1) is 35.1 Å². The molecule has 16 heteroatoms. The maximum atomic E-state index is 13.9. The van der Waals surface area contributed by atoms with Crippen molar-refractivity contribution in [3.63, 3.8) is 0 Å². The SMILES string of the molecule is CC[C@@H]1CC(N(Cc2cc(C(F)(F)F)cc(C(F)(F)F)c2)c2ncc(N3CCC(C)CCC3=O)cn2)C[C@H](CC)N1C(=O)OC1CCC(C(=O)O)CC1. The minimum atomic E-state index is -5.03. The third kappa shape index (κ3) is 9.71. The number of aromatic nitrogens is 2. The summed E-state index contributed by atoms with van der Waals surface area (Å²) in [4.78, 5) is 51.9. The molecule has 2 aliphatic heterocycles. The molecule has 2 aromatic rings. The predicted molar refractivity (Wildman–Crippen MR) is 183 cm³/mol. The lowest BCUT2D eigenvalue weighted by molar-refractivity contribution is -0.144. The van der Waals surface area contributed by atoms with Crippen LogP contribution in [0.25, 0.3) is 0 Å². The molecule has 2 amide bonds. The molecule has 4 atom stereocenters. The molecule has 1 aliphatic carbocycles.